The Kier molecular flexibility index (Phi) is 27.1. The molecule has 0 unspecified atom stereocenters. The van der Waals surface area contributed by atoms with Gasteiger partial charge in [0.1, 0.15) is 5.76 Å². The summed E-state index contributed by atoms with van der Waals surface area (Å²) in [7, 11) is 1.69. The number of methoxy groups -OCH3 is 1. The summed E-state index contributed by atoms with van der Waals surface area (Å²) in [6.45, 7) is 24.0. The highest BCUT2D eigenvalue weighted by molar-refractivity contribution is 5.26. The van der Waals surface area contributed by atoms with E-state index in [1.54, 1.807) is 7.11 Å². The zero-order valence-electron chi connectivity index (χ0n) is 15.3. The van der Waals surface area contributed by atoms with Gasteiger partial charge in [-0.3, -0.25) is 0 Å². The number of ether oxygens (including phenoxy) is 1. The molecule has 0 amide bonds. The topological polar surface area (TPSA) is 9.23 Å². The molecule has 0 bridgehead atoms. The fourth-order valence-corrected chi connectivity index (χ4v) is 1.19. The first kappa shape index (κ1) is 26.6. The summed E-state index contributed by atoms with van der Waals surface area (Å²) in [6.07, 6.45) is 6.04. The predicted molar refractivity (Wildman–Crippen MR) is 92.5 cm³/mol. The molecule has 0 spiro atoms. The van der Waals surface area contributed by atoms with Crippen LogP contribution in [0.25, 0.3) is 0 Å². The van der Waals surface area contributed by atoms with Crippen LogP contribution in [0, 0.1) is 5.41 Å². The van der Waals surface area contributed by atoms with E-state index >= 15 is 0 Å². The van der Waals surface area contributed by atoms with E-state index in [0.717, 1.165) is 11.3 Å². The molecule has 0 aliphatic carbocycles. The largest absolute Gasteiger partial charge is 0.497 e. The lowest BCUT2D eigenvalue weighted by molar-refractivity contribution is 0.299. The zero-order valence-corrected chi connectivity index (χ0v) is 15.3. The van der Waals surface area contributed by atoms with Crippen molar-refractivity contribution in [2.45, 2.75) is 69.2 Å². The molecule has 0 radical (unpaired) electrons. The zero-order chi connectivity index (χ0) is 16.5. The van der Waals surface area contributed by atoms with Crippen molar-refractivity contribution in [3.63, 3.8) is 0 Å². The first-order valence-electron chi connectivity index (χ1n) is 7.50. The predicted octanol–water partition coefficient (Wildman–Crippen LogP) is 6.77. The number of hydrogen-bond acceptors (Lipinski definition) is 1. The second kappa shape index (κ2) is 19.4. The van der Waals surface area contributed by atoms with Crippen LogP contribution in [-0.4, -0.2) is 7.11 Å². The van der Waals surface area contributed by atoms with E-state index in [-0.39, 0.29) is 5.41 Å². The molecule has 0 aliphatic heterocycles. The van der Waals surface area contributed by atoms with Crippen molar-refractivity contribution in [3.8, 4) is 0 Å². The molecule has 0 saturated carbocycles. The Balaban J connectivity index is -0.000000163. The van der Waals surface area contributed by atoms with Crippen LogP contribution in [-0.2, 0) is 4.74 Å². The fraction of sp³-hybridized carbons (Fsp3) is 0.667. The minimum atomic E-state index is 0.0247. The lowest BCUT2D eigenvalue weighted by Gasteiger charge is -2.16. The summed E-state index contributed by atoms with van der Waals surface area (Å²) < 4.78 is 5.21. The molecule has 0 N–H and O–H groups in total. The van der Waals surface area contributed by atoms with Gasteiger partial charge in [0.2, 0.25) is 0 Å². The van der Waals surface area contributed by atoms with Gasteiger partial charge in [-0.1, -0.05) is 67.5 Å². The van der Waals surface area contributed by atoms with E-state index in [1.165, 1.54) is 0 Å². The van der Waals surface area contributed by atoms with Crippen molar-refractivity contribution in [2.75, 3.05) is 7.11 Å². The Bertz CT molecular complexity index is 232. The molecular formula is C18H38O. The quantitative estimate of drug-likeness (QED) is 0.311. The van der Waals surface area contributed by atoms with E-state index in [9.17, 15) is 0 Å². The van der Waals surface area contributed by atoms with Gasteiger partial charge in [-0.05, 0) is 25.5 Å². The van der Waals surface area contributed by atoms with Crippen LogP contribution in [0.1, 0.15) is 69.2 Å². The summed E-state index contributed by atoms with van der Waals surface area (Å²) in [4.78, 5) is 0. The van der Waals surface area contributed by atoms with Crippen LogP contribution in [0.3, 0.4) is 0 Å². The number of hydrogen-bond donors (Lipinski definition) is 0. The van der Waals surface area contributed by atoms with Crippen molar-refractivity contribution in [1.29, 1.82) is 0 Å². The summed E-state index contributed by atoms with van der Waals surface area (Å²) in [5.74, 6) is 0.926. The molecule has 0 aliphatic rings. The van der Waals surface area contributed by atoms with Crippen molar-refractivity contribution >= 4 is 0 Å². The van der Waals surface area contributed by atoms with E-state index in [2.05, 4.69) is 26.5 Å². The van der Waals surface area contributed by atoms with Crippen LogP contribution in [0.2, 0.25) is 0 Å². The van der Waals surface area contributed by atoms with Gasteiger partial charge in [0, 0.05) is 5.41 Å². The van der Waals surface area contributed by atoms with Gasteiger partial charge in [-0.15, -0.1) is 6.58 Å². The van der Waals surface area contributed by atoms with Crippen LogP contribution in [0.4, 0.5) is 0 Å². The Labute approximate surface area is 123 Å². The third kappa shape index (κ3) is 17.0. The van der Waals surface area contributed by atoms with E-state index in [1.807, 2.05) is 67.5 Å². The average molecular weight is 271 g/mol. The smallest absolute Gasteiger partial charge is 0.117 e. The first-order chi connectivity index (χ1) is 8.96. The van der Waals surface area contributed by atoms with Gasteiger partial charge in [-0.25, -0.2) is 0 Å². The molecule has 19 heavy (non-hydrogen) atoms. The minimum absolute atomic E-state index is 0.0247. The van der Waals surface area contributed by atoms with E-state index in [4.69, 9.17) is 4.74 Å². The van der Waals surface area contributed by atoms with E-state index < -0.39 is 0 Å². The van der Waals surface area contributed by atoms with Gasteiger partial charge >= 0.3 is 0 Å². The molecule has 0 aromatic carbocycles. The molecule has 0 aromatic rings. The molecule has 1 nitrogen and oxygen atoms in total. The monoisotopic (exact) mass is 270 g/mol. The summed E-state index contributed by atoms with van der Waals surface area (Å²) in [6, 6.07) is 0. The van der Waals surface area contributed by atoms with Crippen molar-refractivity contribution in [2.24, 2.45) is 5.41 Å². The van der Waals surface area contributed by atoms with E-state index in [0.29, 0.717) is 0 Å². The highest BCUT2D eigenvalue weighted by Crippen LogP contribution is 2.23. The highest BCUT2D eigenvalue weighted by Gasteiger charge is 2.10. The molecule has 0 rings (SSSR count). The molecule has 0 saturated heterocycles. The third-order valence-electron chi connectivity index (χ3n) is 1.99. The molecule has 0 atom stereocenters. The van der Waals surface area contributed by atoms with Crippen LogP contribution in [0.5, 0.6) is 0 Å². The summed E-state index contributed by atoms with van der Waals surface area (Å²) in [5, 5.41) is 0. The van der Waals surface area contributed by atoms with Gasteiger partial charge in [0.15, 0.2) is 0 Å². The summed E-state index contributed by atoms with van der Waals surface area (Å²) in [5.41, 5.74) is 1.17. The number of allylic oxidation sites excluding steroid dienone is 4. The van der Waals surface area contributed by atoms with Gasteiger partial charge in [0.25, 0.3) is 0 Å². The highest BCUT2D eigenvalue weighted by atomic mass is 16.5. The maximum absolute atomic E-state index is 5.21. The van der Waals surface area contributed by atoms with Crippen molar-refractivity contribution in [3.05, 3.63) is 36.1 Å². The lowest BCUT2D eigenvalue weighted by atomic mass is 9.91. The fourth-order valence-electron chi connectivity index (χ4n) is 1.19. The Morgan fingerprint density at radius 1 is 1.00 bits per heavy atom. The Morgan fingerprint density at radius 3 is 1.58 bits per heavy atom. The first-order valence-corrected chi connectivity index (χ1v) is 7.50. The van der Waals surface area contributed by atoms with Crippen LogP contribution in [0.15, 0.2) is 36.1 Å². The molecule has 0 fully saturated rings. The average Bonchev–Trinajstić information content (AvgIpc) is 2.46. The second-order valence-corrected chi connectivity index (χ2v) is 3.71. The van der Waals surface area contributed by atoms with Gasteiger partial charge in [-0.2, -0.15) is 0 Å². The lowest BCUT2D eigenvalue weighted by Crippen LogP contribution is -2.04. The second-order valence-electron chi connectivity index (χ2n) is 3.71. The normalized spacial score (nSPS) is 10.7. The maximum Gasteiger partial charge on any atom is 0.117 e. The summed E-state index contributed by atoms with van der Waals surface area (Å²) >= 11 is 0. The number of rotatable bonds is 4. The standard InChI is InChI=1S/C12H20O.3C2H6/c1-7-11(13-6)10(3)9-12(4,5)8-2;3*1-2/h7-9H,2H2,1,3-6H3;3*1-2H3/b10-9-,11-7?;;;. The molecule has 0 aromatic heterocycles. The van der Waals surface area contributed by atoms with Crippen LogP contribution >= 0.6 is 0 Å². The van der Waals surface area contributed by atoms with Crippen molar-refractivity contribution in [1.82, 2.24) is 0 Å². The molecule has 116 valence electrons. The minimum Gasteiger partial charge on any atom is -0.497 e. The Morgan fingerprint density at radius 2 is 1.37 bits per heavy atom. The Hall–Kier alpha value is -0.980. The molecule has 1 heteroatoms. The third-order valence-corrected chi connectivity index (χ3v) is 1.99. The SMILES string of the molecule is C=CC(C)(C)/C=C(/C)C(=CC)OC.CC.CC.CC. The van der Waals surface area contributed by atoms with Crippen LogP contribution < -0.4 is 0 Å². The molecule has 0 heterocycles. The van der Waals surface area contributed by atoms with Gasteiger partial charge < -0.3 is 4.74 Å². The van der Waals surface area contributed by atoms with Gasteiger partial charge in [0.05, 0.1) is 7.11 Å². The maximum atomic E-state index is 5.21. The molecular weight excluding hydrogens is 232 g/mol. The van der Waals surface area contributed by atoms with Crippen molar-refractivity contribution < 1.29 is 4.74 Å².